The summed E-state index contributed by atoms with van der Waals surface area (Å²) in [6, 6.07) is 9.30. The van der Waals surface area contributed by atoms with Gasteiger partial charge in [-0.3, -0.25) is 4.79 Å². The monoisotopic (exact) mass is 457 g/mol. The van der Waals surface area contributed by atoms with Gasteiger partial charge in [-0.1, -0.05) is 18.2 Å². The number of anilines is 1. The molecule has 0 radical (unpaired) electrons. The fourth-order valence-electron chi connectivity index (χ4n) is 3.85. The Morgan fingerprint density at radius 3 is 2.81 bits per heavy atom. The summed E-state index contributed by atoms with van der Waals surface area (Å²) in [6.07, 6.45) is 1.40. The van der Waals surface area contributed by atoms with E-state index in [2.05, 4.69) is 10.4 Å². The fraction of sp³-hybridized carbons (Fsp3) is 0.238. The molecule has 3 heterocycles. The highest BCUT2D eigenvalue weighted by molar-refractivity contribution is 7.89. The van der Waals surface area contributed by atoms with Crippen molar-refractivity contribution in [1.82, 2.24) is 14.1 Å². The van der Waals surface area contributed by atoms with Gasteiger partial charge in [-0.15, -0.1) is 0 Å². The summed E-state index contributed by atoms with van der Waals surface area (Å²) in [4.78, 5) is 14.3. The van der Waals surface area contributed by atoms with E-state index in [1.807, 2.05) is 0 Å². The maximum atomic E-state index is 14.0. The van der Waals surface area contributed by atoms with Crippen LogP contribution in [0.4, 0.5) is 10.1 Å². The van der Waals surface area contributed by atoms with Crippen LogP contribution in [0.25, 0.3) is 0 Å². The topological polar surface area (TPSA) is 120 Å². The molecule has 0 spiro atoms. The summed E-state index contributed by atoms with van der Waals surface area (Å²) in [5, 5.41) is 7.31. The van der Waals surface area contributed by atoms with Crippen LogP contribution in [0.2, 0.25) is 0 Å². The normalized spacial score (nSPS) is 16.0. The van der Waals surface area contributed by atoms with Gasteiger partial charge in [0.1, 0.15) is 24.2 Å². The molecule has 9 nitrogen and oxygen atoms in total. The van der Waals surface area contributed by atoms with Crippen molar-refractivity contribution < 1.29 is 22.3 Å². The molecule has 2 aliphatic heterocycles. The van der Waals surface area contributed by atoms with Crippen molar-refractivity contribution in [3.63, 3.8) is 0 Å². The molecule has 3 aromatic rings. The third kappa shape index (κ3) is 3.39. The van der Waals surface area contributed by atoms with Gasteiger partial charge in [0, 0.05) is 30.4 Å². The van der Waals surface area contributed by atoms with Gasteiger partial charge >= 0.3 is 0 Å². The Balaban J connectivity index is 1.35. The van der Waals surface area contributed by atoms with Crippen LogP contribution in [0.5, 0.6) is 5.75 Å². The van der Waals surface area contributed by atoms with Crippen molar-refractivity contribution in [2.45, 2.75) is 24.0 Å². The Kier molecular flexibility index (Phi) is 4.86. The van der Waals surface area contributed by atoms with Crippen molar-refractivity contribution in [3.8, 4) is 5.75 Å². The maximum absolute atomic E-state index is 14.0. The fourth-order valence-corrected chi connectivity index (χ4v) is 5.05. The van der Waals surface area contributed by atoms with Gasteiger partial charge < -0.3 is 20.7 Å². The van der Waals surface area contributed by atoms with E-state index < -0.39 is 27.8 Å². The number of halogens is 1. The molecule has 0 aliphatic carbocycles. The first kappa shape index (κ1) is 20.5. The summed E-state index contributed by atoms with van der Waals surface area (Å²) in [7, 11) is -3.92. The zero-order valence-corrected chi connectivity index (χ0v) is 17.7. The first-order valence-corrected chi connectivity index (χ1v) is 11.4. The molecule has 1 aromatic heterocycles. The van der Waals surface area contributed by atoms with Crippen LogP contribution in [-0.4, -0.2) is 41.6 Å². The van der Waals surface area contributed by atoms with Crippen LogP contribution in [0.3, 0.4) is 0 Å². The Morgan fingerprint density at radius 2 is 2.03 bits per heavy atom. The summed E-state index contributed by atoms with van der Waals surface area (Å²) >= 11 is 0. The van der Waals surface area contributed by atoms with Gasteiger partial charge in [0.2, 0.25) is 5.91 Å². The van der Waals surface area contributed by atoms with Crippen LogP contribution in [0.1, 0.15) is 22.9 Å². The predicted octanol–water partition coefficient (Wildman–Crippen LogP) is 1.61. The molecular formula is C21H20FN5O4S. The number of fused-ring (bicyclic) bond motifs is 2. The molecule has 0 bridgehead atoms. The predicted molar refractivity (Wildman–Crippen MR) is 113 cm³/mol. The van der Waals surface area contributed by atoms with Gasteiger partial charge in [-0.05, 0) is 24.3 Å². The van der Waals surface area contributed by atoms with Crippen molar-refractivity contribution in [3.05, 3.63) is 71.3 Å². The van der Waals surface area contributed by atoms with E-state index in [1.165, 1.54) is 41.4 Å². The molecule has 0 saturated heterocycles. The number of amides is 1. The first-order chi connectivity index (χ1) is 15.3. The number of hydrogen-bond donors (Lipinski definition) is 2. The van der Waals surface area contributed by atoms with Crippen LogP contribution in [-0.2, 0) is 27.9 Å². The Hall–Kier alpha value is -3.44. The quantitative estimate of drug-likeness (QED) is 0.611. The molecule has 32 heavy (non-hydrogen) atoms. The molecule has 5 rings (SSSR count). The summed E-state index contributed by atoms with van der Waals surface area (Å²) in [5.74, 6) is -0.409. The van der Waals surface area contributed by atoms with Gasteiger partial charge in [0.25, 0.3) is 10.0 Å². The van der Waals surface area contributed by atoms with Crippen LogP contribution >= 0.6 is 0 Å². The van der Waals surface area contributed by atoms with E-state index in [1.54, 1.807) is 12.1 Å². The molecule has 0 unspecified atom stereocenters. The highest BCUT2D eigenvalue weighted by Crippen LogP contribution is 2.31. The number of nitrogens with one attached hydrogen (secondary N) is 1. The molecule has 2 aliphatic rings. The lowest BCUT2D eigenvalue weighted by molar-refractivity contribution is -0.133. The zero-order valence-electron chi connectivity index (χ0n) is 16.9. The number of carbonyl (C=O) groups excluding carboxylic acids is 1. The van der Waals surface area contributed by atoms with Gasteiger partial charge in [-0.2, -0.15) is 17.6 Å². The number of ether oxygens (including phenoxy) is 1. The summed E-state index contributed by atoms with van der Waals surface area (Å²) in [6.45, 7) is 1.34. The lowest BCUT2D eigenvalue weighted by atomic mass is 10.1. The van der Waals surface area contributed by atoms with Crippen molar-refractivity contribution in [1.29, 1.82) is 0 Å². The highest BCUT2D eigenvalue weighted by Gasteiger charge is 2.33. The van der Waals surface area contributed by atoms with E-state index in [0.29, 0.717) is 35.8 Å². The van der Waals surface area contributed by atoms with E-state index in [0.717, 1.165) is 4.09 Å². The van der Waals surface area contributed by atoms with Gasteiger partial charge in [0.05, 0.1) is 22.8 Å². The molecule has 0 saturated carbocycles. The second kappa shape index (κ2) is 7.61. The number of benzene rings is 2. The van der Waals surface area contributed by atoms with E-state index in [4.69, 9.17) is 10.5 Å². The van der Waals surface area contributed by atoms with Crippen LogP contribution < -0.4 is 15.8 Å². The molecule has 2 aromatic carbocycles. The zero-order chi connectivity index (χ0) is 22.5. The number of carbonyl (C=O) groups is 1. The van der Waals surface area contributed by atoms with Crippen LogP contribution in [0, 0.1) is 5.82 Å². The average Bonchev–Trinajstić information content (AvgIpc) is 3.38. The standard InChI is InChI=1S/C21H20FN5O4S/c22-16-4-2-1-3-15(16)20(23)21(28)26-10-13-11-27(25-18(13)12-26)32(29,30)14-5-6-19-17(9-14)24-7-8-31-19/h1-6,9,11,20,24H,7-8,10,12,23H2/t20-/m1/s1. The molecule has 3 N–H and O–H groups in total. The Labute approximate surface area is 183 Å². The first-order valence-electron chi connectivity index (χ1n) is 9.97. The average molecular weight is 457 g/mol. The van der Waals surface area contributed by atoms with E-state index in [9.17, 15) is 17.6 Å². The summed E-state index contributed by atoms with van der Waals surface area (Å²) < 4.78 is 46.5. The Bertz CT molecular complexity index is 1300. The molecule has 166 valence electrons. The van der Waals surface area contributed by atoms with Crippen molar-refractivity contribution in [2.24, 2.45) is 5.73 Å². The van der Waals surface area contributed by atoms with Crippen LogP contribution in [0.15, 0.2) is 53.6 Å². The Morgan fingerprint density at radius 1 is 1.22 bits per heavy atom. The number of aromatic nitrogens is 2. The molecular weight excluding hydrogens is 437 g/mol. The minimum atomic E-state index is -3.92. The largest absolute Gasteiger partial charge is 0.490 e. The second-order valence-corrected chi connectivity index (χ2v) is 9.40. The molecule has 11 heteroatoms. The lowest BCUT2D eigenvalue weighted by Gasteiger charge is -2.21. The van der Waals surface area contributed by atoms with Gasteiger partial charge in [0.15, 0.2) is 0 Å². The van der Waals surface area contributed by atoms with E-state index >= 15 is 0 Å². The van der Waals surface area contributed by atoms with Crippen molar-refractivity contribution >= 4 is 21.6 Å². The van der Waals surface area contributed by atoms with Gasteiger partial charge in [-0.25, -0.2) is 4.39 Å². The number of hydrogen-bond acceptors (Lipinski definition) is 7. The highest BCUT2D eigenvalue weighted by atomic mass is 32.2. The smallest absolute Gasteiger partial charge is 0.283 e. The number of rotatable bonds is 4. The maximum Gasteiger partial charge on any atom is 0.283 e. The minimum absolute atomic E-state index is 0.0740. The number of nitrogens with zero attached hydrogens (tertiary/aromatic N) is 3. The molecule has 0 fully saturated rings. The minimum Gasteiger partial charge on any atom is -0.490 e. The lowest BCUT2D eigenvalue weighted by Crippen LogP contribution is -2.35. The second-order valence-electron chi connectivity index (χ2n) is 7.61. The van der Waals surface area contributed by atoms with E-state index in [-0.39, 0.29) is 23.5 Å². The van der Waals surface area contributed by atoms with Crippen molar-refractivity contribution in [2.75, 3.05) is 18.5 Å². The molecule has 1 atom stereocenters. The third-order valence-electron chi connectivity index (χ3n) is 5.55. The summed E-state index contributed by atoms with van der Waals surface area (Å²) in [5.41, 5.74) is 7.76. The third-order valence-corrected chi connectivity index (χ3v) is 7.08. The number of nitrogens with two attached hydrogens (primary N) is 1. The molecule has 1 amide bonds. The SMILES string of the molecule is N[C@@H](C(=O)N1Cc2cn(S(=O)(=O)c3ccc4c(c3)NCCO4)nc2C1)c1ccccc1F.